The van der Waals surface area contributed by atoms with Crippen LogP contribution in [-0.4, -0.2) is 46.2 Å². The smallest absolute Gasteiger partial charge is 0.188 e. The first kappa shape index (κ1) is 15.0. The van der Waals surface area contributed by atoms with E-state index in [9.17, 15) is 0 Å². The lowest BCUT2D eigenvalue weighted by Gasteiger charge is -2.28. The Morgan fingerprint density at radius 3 is 2.75 bits per heavy atom. The van der Waals surface area contributed by atoms with Crippen molar-refractivity contribution >= 4 is 28.0 Å². The van der Waals surface area contributed by atoms with Crippen molar-refractivity contribution in [2.45, 2.75) is 0 Å². The Labute approximate surface area is 143 Å². The molecular formula is C16H16N6OS. The molecule has 3 aromatic rings. The summed E-state index contributed by atoms with van der Waals surface area (Å²) in [5.74, 6) is 0.782. The van der Waals surface area contributed by atoms with Gasteiger partial charge in [-0.2, -0.15) is 0 Å². The number of aromatic nitrogens is 4. The van der Waals surface area contributed by atoms with Crippen molar-refractivity contribution in [2.75, 3.05) is 36.5 Å². The molecule has 4 heterocycles. The highest BCUT2D eigenvalue weighted by atomic mass is 32.1. The summed E-state index contributed by atoms with van der Waals surface area (Å²) in [7, 11) is 0. The number of ether oxygens (including phenoxy) is 1. The molecule has 0 atom stereocenters. The molecule has 0 bridgehead atoms. The molecule has 0 radical (unpaired) electrons. The molecule has 24 heavy (non-hydrogen) atoms. The van der Waals surface area contributed by atoms with Crippen molar-refractivity contribution in [2.24, 2.45) is 0 Å². The molecule has 0 aromatic carbocycles. The van der Waals surface area contributed by atoms with Gasteiger partial charge in [0.25, 0.3) is 0 Å². The van der Waals surface area contributed by atoms with Crippen LogP contribution < -0.4 is 10.2 Å². The van der Waals surface area contributed by atoms with Gasteiger partial charge in [-0.15, -0.1) is 0 Å². The van der Waals surface area contributed by atoms with Crippen LogP contribution in [0.1, 0.15) is 0 Å². The first-order valence-electron chi connectivity index (χ1n) is 7.65. The summed E-state index contributed by atoms with van der Waals surface area (Å²) in [6.45, 7) is 3.33. The Morgan fingerprint density at radius 2 is 1.92 bits per heavy atom. The molecule has 1 N–H and O–H groups in total. The highest BCUT2D eigenvalue weighted by molar-refractivity contribution is 7.18. The van der Waals surface area contributed by atoms with Crippen molar-refractivity contribution in [3.05, 3.63) is 43.2 Å². The van der Waals surface area contributed by atoms with E-state index in [0.29, 0.717) is 0 Å². The van der Waals surface area contributed by atoms with Gasteiger partial charge in [-0.3, -0.25) is 0 Å². The van der Waals surface area contributed by atoms with Gasteiger partial charge in [0, 0.05) is 55.2 Å². The molecule has 0 spiro atoms. The van der Waals surface area contributed by atoms with Gasteiger partial charge in [-0.05, 0) is 6.07 Å². The molecule has 1 fully saturated rings. The average Bonchev–Trinajstić information content (AvgIpc) is 3.12. The van der Waals surface area contributed by atoms with Gasteiger partial charge < -0.3 is 15.0 Å². The first-order chi connectivity index (χ1) is 11.9. The van der Waals surface area contributed by atoms with E-state index in [4.69, 9.17) is 4.74 Å². The zero-order valence-corrected chi connectivity index (χ0v) is 13.7. The number of morpholine rings is 1. The molecular weight excluding hydrogens is 324 g/mol. The Morgan fingerprint density at radius 1 is 1.08 bits per heavy atom. The molecule has 0 amide bonds. The van der Waals surface area contributed by atoms with Gasteiger partial charge >= 0.3 is 0 Å². The van der Waals surface area contributed by atoms with Crippen LogP contribution in [0.5, 0.6) is 0 Å². The van der Waals surface area contributed by atoms with Gasteiger partial charge in [0.05, 0.1) is 18.1 Å². The van der Waals surface area contributed by atoms with Gasteiger partial charge in [-0.1, -0.05) is 11.3 Å². The van der Waals surface area contributed by atoms with E-state index in [1.165, 1.54) is 6.33 Å². The minimum Gasteiger partial charge on any atom is -0.378 e. The highest BCUT2D eigenvalue weighted by Crippen LogP contribution is 2.30. The minimum absolute atomic E-state index is 0.764. The number of hydrogen-bond donors (Lipinski definition) is 1. The van der Waals surface area contributed by atoms with Crippen LogP contribution in [0.4, 0.5) is 16.6 Å². The monoisotopic (exact) mass is 340 g/mol. The van der Waals surface area contributed by atoms with E-state index in [-0.39, 0.29) is 0 Å². The zero-order chi connectivity index (χ0) is 16.2. The maximum Gasteiger partial charge on any atom is 0.188 e. The van der Waals surface area contributed by atoms with Crippen LogP contribution in [0, 0.1) is 0 Å². The van der Waals surface area contributed by atoms with Crippen molar-refractivity contribution in [3.8, 4) is 10.4 Å². The molecule has 0 unspecified atom stereocenters. The lowest BCUT2D eigenvalue weighted by Crippen LogP contribution is -2.36. The maximum absolute atomic E-state index is 5.40. The predicted octanol–water partition coefficient (Wildman–Crippen LogP) is 2.58. The molecule has 4 rings (SSSR count). The fourth-order valence-electron chi connectivity index (χ4n) is 2.51. The summed E-state index contributed by atoms with van der Waals surface area (Å²) in [6.07, 6.45) is 8.71. The summed E-state index contributed by atoms with van der Waals surface area (Å²) in [4.78, 5) is 20.2. The van der Waals surface area contributed by atoms with E-state index >= 15 is 0 Å². The largest absolute Gasteiger partial charge is 0.378 e. The SMILES string of the molecule is c1ncc(-c2cnc(Nc3cc(N4CCOCC4)ccn3)s2)cn1. The van der Waals surface area contributed by atoms with Gasteiger partial charge in [-0.25, -0.2) is 19.9 Å². The lowest BCUT2D eigenvalue weighted by molar-refractivity contribution is 0.122. The van der Waals surface area contributed by atoms with Crippen LogP contribution in [0.25, 0.3) is 10.4 Å². The molecule has 8 heteroatoms. The van der Waals surface area contributed by atoms with Crippen molar-refractivity contribution < 1.29 is 4.74 Å². The summed E-state index contributed by atoms with van der Waals surface area (Å²) in [6, 6.07) is 4.06. The Kier molecular flexibility index (Phi) is 4.30. The number of thiazole rings is 1. The summed E-state index contributed by atoms with van der Waals surface area (Å²) in [5.41, 5.74) is 2.10. The normalized spacial score (nSPS) is 14.6. The van der Waals surface area contributed by atoms with Crippen molar-refractivity contribution in [1.82, 2.24) is 19.9 Å². The highest BCUT2D eigenvalue weighted by Gasteiger charge is 2.12. The second-order valence-corrected chi connectivity index (χ2v) is 6.31. The maximum atomic E-state index is 5.40. The summed E-state index contributed by atoms with van der Waals surface area (Å²) < 4.78 is 5.40. The second kappa shape index (κ2) is 6.90. The molecule has 0 aliphatic carbocycles. The zero-order valence-electron chi connectivity index (χ0n) is 12.9. The van der Waals surface area contributed by atoms with Gasteiger partial charge in [0.15, 0.2) is 5.13 Å². The molecule has 122 valence electrons. The van der Waals surface area contributed by atoms with Crippen LogP contribution in [0.2, 0.25) is 0 Å². The van der Waals surface area contributed by atoms with E-state index in [1.54, 1.807) is 23.7 Å². The number of nitrogens with one attached hydrogen (secondary N) is 1. The van der Waals surface area contributed by atoms with Crippen molar-refractivity contribution in [3.63, 3.8) is 0 Å². The summed E-state index contributed by atoms with van der Waals surface area (Å²) >= 11 is 1.55. The van der Waals surface area contributed by atoms with Crippen molar-refractivity contribution in [1.29, 1.82) is 0 Å². The average molecular weight is 340 g/mol. The Bertz CT molecular complexity index is 803. The molecule has 1 aliphatic rings. The van der Waals surface area contributed by atoms with Gasteiger partial charge in [0.1, 0.15) is 12.1 Å². The minimum atomic E-state index is 0.764. The lowest BCUT2D eigenvalue weighted by atomic mass is 10.3. The first-order valence-corrected chi connectivity index (χ1v) is 8.47. The second-order valence-electron chi connectivity index (χ2n) is 5.28. The Hall–Kier alpha value is -2.58. The Balaban J connectivity index is 1.50. The standard InChI is InChI=1S/C16H16N6OS/c1-2-19-15(7-13(1)22-3-5-23-6-4-22)21-16-20-10-14(24-16)12-8-17-11-18-9-12/h1-2,7-11H,3-6H2,(H,19,20,21). The topological polar surface area (TPSA) is 76.1 Å². The van der Waals surface area contributed by atoms with E-state index in [0.717, 1.165) is 53.4 Å². The number of nitrogens with zero attached hydrogens (tertiary/aromatic N) is 5. The van der Waals surface area contributed by atoms with Crippen LogP contribution in [0.15, 0.2) is 43.2 Å². The fourth-order valence-corrected chi connectivity index (χ4v) is 3.31. The van der Waals surface area contributed by atoms with E-state index < -0.39 is 0 Å². The molecule has 3 aromatic heterocycles. The van der Waals surface area contributed by atoms with Crippen LogP contribution in [-0.2, 0) is 4.74 Å². The van der Waals surface area contributed by atoms with Crippen LogP contribution in [0.3, 0.4) is 0 Å². The quantitative estimate of drug-likeness (QED) is 0.782. The molecule has 1 aliphatic heterocycles. The number of rotatable bonds is 4. The van der Waals surface area contributed by atoms with Gasteiger partial charge in [0.2, 0.25) is 0 Å². The number of pyridine rings is 1. The third-order valence-electron chi connectivity index (χ3n) is 3.71. The summed E-state index contributed by atoms with van der Waals surface area (Å²) in [5, 5.41) is 4.06. The molecule has 7 nitrogen and oxygen atoms in total. The van der Waals surface area contributed by atoms with Crippen LogP contribution >= 0.6 is 11.3 Å². The third-order valence-corrected chi connectivity index (χ3v) is 4.67. The third kappa shape index (κ3) is 3.34. The predicted molar refractivity (Wildman–Crippen MR) is 93.7 cm³/mol. The fraction of sp³-hybridized carbons (Fsp3) is 0.250. The number of anilines is 3. The molecule has 1 saturated heterocycles. The van der Waals surface area contributed by atoms with E-state index in [1.807, 2.05) is 24.5 Å². The number of hydrogen-bond acceptors (Lipinski definition) is 8. The molecule has 0 saturated carbocycles. The van der Waals surface area contributed by atoms with E-state index in [2.05, 4.69) is 30.2 Å².